The number of aromatic nitrogens is 2. The van der Waals surface area contributed by atoms with Gasteiger partial charge in [0.15, 0.2) is 0 Å². The Morgan fingerprint density at radius 2 is 2.05 bits per heavy atom. The molecular weight excluding hydrogens is 242 g/mol. The molecule has 1 aromatic heterocycles. The van der Waals surface area contributed by atoms with E-state index in [1.807, 2.05) is 43.5 Å². The van der Waals surface area contributed by atoms with Gasteiger partial charge in [0.1, 0.15) is 6.04 Å². The van der Waals surface area contributed by atoms with Crippen LogP contribution >= 0.6 is 0 Å². The number of carbonyl (C=O) groups is 1. The molecule has 0 radical (unpaired) electrons. The van der Waals surface area contributed by atoms with E-state index >= 15 is 0 Å². The van der Waals surface area contributed by atoms with E-state index < -0.39 is 6.04 Å². The number of esters is 1. The number of aryl methyl sites for hydroxylation is 1. The predicted octanol–water partition coefficient (Wildman–Crippen LogP) is 2.15. The second-order valence-electron chi connectivity index (χ2n) is 4.30. The molecule has 0 aliphatic carbocycles. The second-order valence-corrected chi connectivity index (χ2v) is 4.30. The molecule has 0 saturated carbocycles. The molecule has 2 aromatic rings. The molecule has 1 unspecified atom stereocenters. The number of benzene rings is 1. The Balaban J connectivity index is 2.20. The van der Waals surface area contributed by atoms with Crippen LogP contribution in [0.4, 0.5) is 5.69 Å². The monoisotopic (exact) mass is 259 g/mol. The molecule has 2 rings (SSSR count). The number of anilines is 1. The summed E-state index contributed by atoms with van der Waals surface area (Å²) in [5.41, 5.74) is 2.63. The van der Waals surface area contributed by atoms with E-state index in [4.69, 9.17) is 0 Å². The molecular formula is C14H17N3O2. The van der Waals surface area contributed by atoms with Crippen LogP contribution in [0.15, 0.2) is 36.5 Å². The number of ether oxygens (including phenoxy) is 1. The van der Waals surface area contributed by atoms with Gasteiger partial charge in [0.05, 0.1) is 30.4 Å². The summed E-state index contributed by atoms with van der Waals surface area (Å²) in [6.07, 6.45) is 1.87. The SMILES string of the molecule is COC(=O)C(C)Nc1cn(-c2ccccc2)nc1C. The summed E-state index contributed by atoms with van der Waals surface area (Å²) < 4.78 is 6.47. The van der Waals surface area contributed by atoms with Crippen molar-refractivity contribution in [2.45, 2.75) is 19.9 Å². The zero-order valence-corrected chi connectivity index (χ0v) is 11.3. The maximum absolute atomic E-state index is 11.4. The average molecular weight is 259 g/mol. The molecule has 1 N–H and O–H groups in total. The highest BCUT2D eigenvalue weighted by molar-refractivity contribution is 5.78. The minimum Gasteiger partial charge on any atom is -0.467 e. The lowest BCUT2D eigenvalue weighted by atomic mass is 10.3. The van der Waals surface area contributed by atoms with Gasteiger partial charge in [0.2, 0.25) is 0 Å². The van der Waals surface area contributed by atoms with Crippen LogP contribution in [0.2, 0.25) is 0 Å². The number of carbonyl (C=O) groups excluding carboxylic acids is 1. The van der Waals surface area contributed by atoms with Gasteiger partial charge in [-0.1, -0.05) is 18.2 Å². The smallest absolute Gasteiger partial charge is 0.327 e. The molecule has 0 bridgehead atoms. The first-order valence-corrected chi connectivity index (χ1v) is 6.08. The molecule has 0 amide bonds. The highest BCUT2D eigenvalue weighted by Gasteiger charge is 2.15. The van der Waals surface area contributed by atoms with Gasteiger partial charge in [-0.15, -0.1) is 0 Å². The standard InChI is InChI=1S/C14H17N3O2/c1-10-13(15-11(2)14(18)19-3)9-17(16-10)12-7-5-4-6-8-12/h4-9,11,15H,1-3H3. The third-order valence-electron chi connectivity index (χ3n) is 2.85. The van der Waals surface area contributed by atoms with Crippen molar-refractivity contribution in [3.8, 4) is 5.69 Å². The van der Waals surface area contributed by atoms with E-state index in [2.05, 4.69) is 15.2 Å². The quantitative estimate of drug-likeness (QED) is 0.855. The first kappa shape index (κ1) is 13.1. The number of para-hydroxylation sites is 1. The van der Waals surface area contributed by atoms with Gasteiger partial charge in [0, 0.05) is 0 Å². The molecule has 0 spiro atoms. The Labute approximate surface area is 112 Å². The number of hydrogen-bond acceptors (Lipinski definition) is 4. The average Bonchev–Trinajstić information content (AvgIpc) is 2.80. The van der Waals surface area contributed by atoms with Crippen molar-refractivity contribution in [2.24, 2.45) is 0 Å². The van der Waals surface area contributed by atoms with Gasteiger partial charge in [-0.05, 0) is 26.0 Å². The van der Waals surface area contributed by atoms with E-state index in [0.717, 1.165) is 17.1 Å². The van der Waals surface area contributed by atoms with Crippen molar-refractivity contribution in [3.05, 3.63) is 42.2 Å². The number of hydrogen-bond donors (Lipinski definition) is 1. The molecule has 0 fully saturated rings. The summed E-state index contributed by atoms with van der Waals surface area (Å²) in [7, 11) is 1.38. The molecule has 100 valence electrons. The third kappa shape index (κ3) is 2.93. The Morgan fingerprint density at radius 1 is 1.37 bits per heavy atom. The van der Waals surface area contributed by atoms with Gasteiger partial charge in [0.25, 0.3) is 0 Å². The highest BCUT2D eigenvalue weighted by Crippen LogP contribution is 2.17. The normalized spacial score (nSPS) is 11.9. The first-order chi connectivity index (χ1) is 9.11. The van der Waals surface area contributed by atoms with Crippen molar-refractivity contribution in [1.29, 1.82) is 0 Å². The largest absolute Gasteiger partial charge is 0.467 e. The maximum atomic E-state index is 11.4. The van der Waals surface area contributed by atoms with Crippen molar-refractivity contribution >= 4 is 11.7 Å². The lowest BCUT2D eigenvalue weighted by Crippen LogP contribution is -2.27. The van der Waals surface area contributed by atoms with Crippen molar-refractivity contribution < 1.29 is 9.53 Å². The van der Waals surface area contributed by atoms with Crippen LogP contribution in [-0.4, -0.2) is 28.9 Å². The number of nitrogens with one attached hydrogen (secondary N) is 1. The second kappa shape index (κ2) is 5.56. The van der Waals surface area contributed by atoms with Crippen LogP contribution in [0, 0.1) is 6.92 Å². The molecule has 0 aliphatic rings. The molecule has 0 aliphatic heterocycles. The number of nitrogens with zero attached hydrogens (tertiary/aromatic N) is 2. The van der Waals surface area contributed by atoms with Crippen LogP contribution in [0.5, 0.6) is 0 Å². The molecule has 5 heteroatoms. The predicted molar refractivity (Wildman–Crippen MR) is 73.4 cm³/mol. The zero-order valence-electron chi connectivity index (χ0n) is 11.3. The van der Waals surface area contributed by atoms with Crippen LogP contribution in [0.3, 0.4) is 0 Å². The van der Waals surface area contributed by atoms with Crippen LogP contribution in [-0.2, 0) is 9.53 Å². The fraction of sp³-hybridized carbons (Fsp3) is 0.286. The minimum atomic E-state index is -0.405. The van der Waals surface area contributed by atoms with E-state index in [0.29, 0.717) is 0 Å². The van der Waals surface area contributed by atoms with Crippen molar-refractivity contribution in [3.63, 3.8) is 0 Å². The van der Waals surface area contributed by atoms with Gasteiger partial charge < -0.3 is 10.1 Å². The number of methoxy groups -OCH3 is 1. The Bertz CT molecular complexity index is 563. The lowest BCUT2D eigenvalue weighted by molar-refractivity contribution is -0.141. The molecule has 1 atom stereocenters. The summed E-state index contributed by atoms with van der Waals surface area (Å²) in [5.74, 6) is -0.299. The van der Waals surface area contributed by atoms with E-state index in [9.17, 15) is 4.79 Å². The number of rotatable bonds is 4. The fourth-order valence-electron chi connectivity index (χ4n) is 1.78. The van der Waals surface area contributed by atoms with Crippen LogP contribution in [0.1, 0.15) is 12.6 Å². The van der Waals surface area contributed by atoms with Crippen LogP contribution in [0.25, 0.3) is 5.69 Å². The highest BCUT2D eigenvalue weighted by atomic mass is 16.5. The first-order valence-electron chi connectivity index (χ1n) is 6.08. The minimum absolute atomic E-state index is 0.299. The summed E-state index contributed by atoms with van der Waals surface area (Å²) in [6, 6.07) is 9.41. The zero-order chi connectivity index (χ0) is 13.8. The van der Waals surface area contributed by atoms with E-state index in [1.165, 1.54) is 7.11 Å². The van der Waals surface area contributed by atoms with Crippen LogP contribution < -0.4 is 5.32 Å². The van der Waals surface area contributed by atoms with Crippen molar-refractivity contribution in [2.75, 3.05) is 12.4 Å². The Hall–Kier alpha value is -2.30. The van der Waals surface area contributed by atoms with Gasteiger partial charge in [-0.3, -0.25) is 0 Å². The Morgan fingerprint density at radius 3 is 2.68 bits per heavy atom. The molecule has 19 heavy (non-hydrogen) atoms. The van der Waals surface area contributed by atoms with Crippen molar-refractivity contribution in [1.82, 2.24) is 9.78 Å². The van der Waals surface area contributed by atoms with Gasteiger partial charge >= 0.3 is 5.97 Å². The van der Waals surface area contributed by atoms with Gasteiger partial charge in [-0.25, -0.2) is 9.48 Å². The lowest BCUT2D eigenvalue weighted by Gasteiger charge is -2.11. The molecule has 5 nitrogen and oxygen atoms in total. The molecule has 1 heterocycles. The summed E-state index contributed by atoms with van der Waals surface area (Å²) >= 11 is 0. The van der Waals surface area contributed by atoms with E-state index in [1.54, 1.807) is 11.6 Å². The molecule has 0 saturated heterocycles. The van der Waals surface area contributed by atoms with E-state index in [-0.39, 0.29) is 5.97 Å². The van der Waals surface area contributed by atoms with Gasteiger partial charge in [-0.2, -0.15) is 5.10 Å². The topological polar surface area (TPSA) is 56.1 Å². The molecule has 1 aromatic carbocycles. The summed E-state index contributed by atoms with van der Waals surface area (Å²) in [5, 5.41) is 7.51. The maximum Gasteiger partial charge on any atom is 0.327 e. The summed E-state index contributed by atoms with van der Waals surface area (Å²) in [6.45, 7) is 3.65. The third-order valence-corrected chi connectivity index (χ3v) is 2.85. The summed E-state index contributed by atoms with van der Waals surface area (Å²) in [4.78, 5) is 11.4. The Kier molecular flexibility index (Phi) is 3.85. The fourth-order valence-corrected chi connectivity index (χ4v) is 1.78.